The van der Waals surface area contributed by atoms with Gasteiger partial charge in [0.25, 0.3) is 0 Å². The van der Waals surface area contributed by atoms with Gasteiger partial charge in [-0.1, -0.05) is 29.8 Å². The number of anilines is 1. The molecule has 0 unspecified atom stereocenters. The topological polar surface area (TPSA) is 63.8 Å². The molecule has 0 aliphatic carbocycles. The molecule has 0 bridgehead atoms. The maximum absolute atomic E-state index is 6.15. The van der Waals surface area contributed by atoms with E-state index in [0.717, 1.165) is 32.4 Å². The number of rotatable bonds is 5. The zero-order chi connectivity index (χ0) is 14.7. The summed E-state index contributed by atoms with van der Waals surface area (Å²) >= 11 is 9.46. The molecule has 3 aromatic rings. The summed E-state index contributed by atoms with van der Waals surface area (Å²) in [6.07, 6.45) is 0. The van der Waals surface area contributed by atoms with E-state index in [1.165, 1.54) is 0 Å². The molecule has 0 radical (unpaired) electrons. The van der Waals surface area contributed by atoms with E-state index in [2.05, 4.69) is 15.4 Å². The number of hydrogen-bond donors (Lipinski definition) is 2. The Morgan fingerprint density at radius 2 is 2.05 bits per heavy atom. The van der Waals surface area contributed by atoms with Crippen molar-refractivity contribution in [3.05, 3.63) is 52.1 Å². The monoisotopic (exact) mass is 336 g/mol. The van der Waals surface area contributed by atoms with Crippen LogP contribution >= 0.6 is 34.7 Å². The highest BCUT2D eigenvalue weighted by atomic mass is 35.5. The van der Waals surface area contributed by atoms with E-state index in [-0.39, 0.29) is 0 Å². The largest absolute Gasteiger partial charge is 0.308 e. The van der Waals surface area contributed by atoms with E-state index in [4.69, 9.17) is 17.4 Å². The summed E-state index contributed by atoms with van der Waals surface area (Å²) in [5.74, 6) is 8.52. The smallest absolute Gasteiger partial charge is 0.152 e. The van der Waals surface area contributed by atoms with Gasteiger partial charge in [0, 0.05) is 10.8 Å². The minimum atomic E-state index is 0.676. The summed E-state index contributed by atoms with van der Waals surface area (Å²) < 4.78 is 0. The second kappa shape index (κ2) is 6.62. The molecule has 0 saturated heterocycles. The van der Waals surface area contributed by atoms with Crippen molar-refractivity contribution in [3.8, 4) is 0 Å². The fraction of sp³-hybridized carbons (Fsp3) is 0.143. The van der Waals surface area contributed by atoms with E-state index >= 15 is 0 Å². The third-order valence-electron chi connectivity index (χ3n) is 2.95. The summed E-state index contributed by atoms with van der Waals surface area (Å²) in [4.78, 5) is 9.96. The number of nitrogen functional groups attached to an aromatic ring is 1. The summed E-state index contributed by atoms with van der Waals surface area (Å²) in [6, 6.07) is 9.83. The Bertz CT molecular complexity index is 760. The predicted octanol–water partition coefficient (Wildman–Crippen LogP) is 4.06. The Hall–Kier alpha value is -1.34. The summed E-state index contributed by atoms with van der Waals surface area (Å²) in [6.45, 7) is 0. The molecule has 0 saturated carbocycles. The van der Waals surface area contributed by atoms with Crippen LogP contribution in [-0.4, -0.2) is 9.97 Å². The third-order valence-corrected chi connectivity index (χ3v) is 5.11. The molecule has 0 atom stereocenters. The number of fused-ring (bicyclic) bond motifs is 1. The third kappa shape index (κ3) is 3.29. The molecule has 7 heteroatoms. The molecule has 0 aliphatic rings. The fourth-order valence-corrected chi connectivity index (χ4v) is 3.89. The Kier molecular flexibility index (Phi) is 4.60. The maximum atomic E-state index is 6.15. The zero-order valence-electron chi connectivity index (χ0n) is 11.0. The van der Waals surface area contributed by atoms with Crippen LogP contribution < -0.4 is 11.3 Å². The van der Waals surface area contributed by atoms with Crippen molar-refractivity contribution in [2.75, 3.05) is 5.43 Å². The van der Waals surface area contributed by atoms with Gasteiger partial charge >= 0.3 is 0 Å². The molecule has 0 fully saturated rings. The van der Waals surface area contributed by atoms with Crippen molar-refractivity contribution < 1.29 is 0 Å². The van der Waals surface area contributed by atoms with Gasteiger partial charge in [0.15, 0.2) is 5.82 Å². The van der Waals surface area contributed by atoms with Crippen molar-refractivity contribution in [2.24, 2.45) is 5.84 Å². The quantitative estimate of drug-likeness (QED) is 0.543. The average Bonchev–Trinajstić information content (AvgIpc) is 2.97. The molecule has 0 spiro atoms. The molecule has 3 rings (SSSR count). The van der Waals surface area contributed by atoms with E-state index in [9.17, 15) is 0 Å². The van der Waals surface area contributed by atoms with E-state index < -0.39 is 0 Å². The molecule has 0 aliphatic heterocycles. The lowest BCUT2D eigenvalue weighted by molar-refractivity contribution is 1.06. The number of thiophene rings is 1. The van der Waals surface area contributed by atoms with Crippen molar-refractivity contribution in [2.45, 2.75) is 11.5 Å². The number of thioether (sulfide) groups is 1. The van der Waals surface area contributed by atoms with Crippen LogP contribution in [0.25, 0.3) is 10.2 Å². The highest BCUT2D eigenvalue weighted by Gasteiger charge is 2.08. The Labute approximate surface area is 135 Å². The molecule has 21 heavy (non-hydrogen) atoms. The van der Waals surface area contributed by atoms with Crippen LogP contribution in [0.4, 0.5) is 5.82 Å². The van der Waals surface area contributed by atoms with Gasteiger partial charge in [-0.2, -0.15) is 0 Å². The van der Waals surface area contributed by atoms with Crippen LogP contribution in [0.3, 0.4) is 0 Å². The van der Waals surface area contributed by atoms with Crippen LogP contribution in [0, 0.1) is 0 Å². The lowest BCUT2D eigenvalue weighted by Crippen LogP contribution is -2.10. The van der Waals surface area contributed by atoms with Crippen molar-refractivity contribution >= 4 is 50.7 Å². The minimum Gasteiger partial charge on any atom is -0.308 e. The number of hydrazine groups is 1. The highest BCUT2D eigenvalue weighted by Crippen LogP contribution is 2.27. The number of aromatic nitrogens is 2. The molecular weight excluding hydrogens is 324 g/mol. The lowest BCUT2D eigenvalue weighted by Gasteiger charge is -2.06. The zero-order valence-corrected chi connectivity index (χ0v) is 13.4. The summed E-state index contributed by atoms with van der Waals surface area (Å²) in [5, 5.41) is 3.74. The van der Waals surface area contributed by atoms with Crippen LogP contribution in [-0.2, 0) is 11.5 Å². The Morgan fingerprint density at radius 1 is 1.19 bits per heavy atom. The predicted molar refractivity (Wildman–Crippen MR) is 91.7 cm³/mol. The van der Waals surface area contributed by atoms with E-state index in [1.54, 1.807) is 23.1 Å². The number of nitrogens with one attached hydrogen (secondary N) is 1. The van der Waals surface area contributed by atoms with Crippen LogP contribution in [0.5, 0.6) is 0 Å². The first kappa shape index (κ1) is 14.6. The molecule has 3 N–H and O–H groups in total. The SMILES string of the molecule is NNc1nc(CSCc2ccccc2Cl)nc2sccc12. The number of benzene rings is 1. The first-order valence-electron chi connectivity index (χ1n) is 6.30. The maximum Gasteiger partial charge on any atom is 0.152 e. The lowest BCUT2D eigenvalue weighted by atomic mass is 10.2. The van der Waals surface area contributed by atoms with Crippen molar-refractivity contribution in [1.82, 2.24) is 9.97 Å². The van der Waals surface area contributed by atoms with Crippen LogP contribution in [0.2, 0.25) is 5.02 Å². The summed E-state index contributed by atoms with van der Waals surface area (Å²) in [7, 11) is 0. The second-order valence-corrected chi connectivity index (χ2v) is 6.64. The van der Waals surface area contributed by atoms with Gasteiger partial charge in [-0.3, -0.25) is 0 Å². The van der Waals surface area contributed by atoms with E-state index in [0.29, 0.717) is 11.6 Å². The molecule has 1 aromatic carbocycles. The van der Waals surface area contributed by atoms with Crippen molar-refractivity contribution in [3.63, 3.8) is 0 Å². The Morgan fingerprint density at radius 3 is 2.86 bits per heavy atom. The van der Waals surface area contributed by atoms with Gasteiger partial charge in [-0.15, -0.1) is 23.1 Å². The minimum absolute atomic E-state index is 0.676. The molecule has 2 heterocycles. The first-order chi connectivity index (χ1) is 10.3. The normalized spacial score (nSPS) is 11.0. The second-order valence-electron chi connectivity index (χ2n) is 4.36. The van der Waals surface area contributed by atoms with Crippen LogP contribution in [0.15, 0.2) is 35.7 Å². The van der Waals surface area contributed by atoms with Gasteiger partial charge in [-0.25, -0.2) is 15.8 Å². The molecule has 0 amide bonds. The number of halogens is 1. The molecule has 108 valence electrons. The Balaban J connectivity index is 1.72. The van der Waals surface area contributed by atoms with Crippen molar-refractivity contribution in [1.29, 1.82) is 0 Å². The molecule has 4 nitrogen and oxygen atoms in total. The molecular formula is C14H13ClN4S2. The standard InChI is InChI=1S/C14H13ClN4S2/c15-11-4-2-1-3-9(11)7-20-8-12-17-13(19-16)10-5-6-21-14(10)18-12/h1-6H,7-8,16H2,(H,17,18,19). The average molecular weight is 337 g/mol. The van der Waals surface area contributed by atoms with Gasteiger partial charge < -0.3 is 5.43 Å². The van der Waals surface area contributed by atoms with Gasteiger partial charge in [0.2, 0.25) is 0 Å². The molecule has 2 aromatic heterocycles. The number of nitrogens with zero attached hydrogens (tertiary/aromatic N) is 2. The number of hydrogen-bond acceptors (Lipinski definition) is 6. The fourth-order valence-electron chi connectivity index (χ4n) is 1.94. The highest BCUT2D eigenvalue weighted by molar-refractivity contribution is 7.97. The van der Waals surface area contributed by atoms with E-state index in [1.807, 2.05) is 35.7 Å². The van der Waals surface area contributed by atoms with Gasteiger partial charge in [0.1, 0.15) is 10.7 Å². The van der Waals surface area contributed by atoms with Crippen LogP contribution in [0.1, 0.15) is 11.4 Å². The number of nitrogens with two attached hydrogens (primary N) is 1. The summed E-state index contributed by atoms with van der Waals surface area (Å²) in [5.41, 5.74) is 3.76. The van der Waals surface area contributed by atoms with Gasteiger partial charge in [-0.05, 0) is 23.1 Å². The van der Waals surface area contributed by atoms with Gasteiger partial charge in [0.05, 0.1) is 11.1 Å². The first-order valence-corrected chi connectivity index (χ1v) is 8.71.